The molecule has 1 aromatic carbocycles. The number of halogens is 1. The molecular formula is C14H16ClN3O3. The largest absolute Gasteiger partial charge is 0.481 e. The Morgan fingerprint density at radius 1 is 1.38 bits per heavy atom. The Morgan fingerprint density at radius 3 is 2.86 bits per heavy atom. The van der Waals surface area contributed by atoms with Crippen molar-refractivity contribution in [1.82, 2.24) is 14.9 Å². The van der Waals surface area contributed by atoms with E-state index in [0.717, 1.165) is 11.0 Å². The van der Waals surface area contributed by atoms with Gasteiger partial charge in [-0.15, -0.1) is 0 Å². The highest BCUT2D eigenvalue weighted by Gasteiger charge is 2.12. The molecule has 0 radical (unpaired) electrons. The number of hydrogen-bond acceptors (Lipinski definition) is 3. The minimum atomic E-state index is -0.889. The van der Waals surface area contributed by atoms with Crippen LogP contribution in [0.2, 0.25) is 5.02 Å². The van der Waals surface area contributed by atoms with E-state index >= 15 is 0 Å². The number of carboxylic acids is 1. The Labute approximate surface area is 126 Å². The number of H-pyrrole nitrogens is 1. The quantitative estimate of drug-likeness (QED) is 0.858. The van der Waals surface area contributed by atoms with E-state index in [1.165, 1.54) is 4.90 Å². The molecular weight excluding hydrogens is 294 g/mol. The van der Waals surface area contributed by atoms with Crippen molar-refractivity contribution in [2.75, 3.05) is 7.05 Å². The fourth-order valence-electron chi connectivity index (χ4n) is 2.00. The average Bonchev–Trinajstić information content (AvgIpc) is 2.79. The van der Waals surface area contributed by atoms with E-state index in [1.54, 1.807) is 19.2 Å². The zero-order valence-electron chi connectivity index (χ0n) is 11.6. The van der Waals surface area contributed by atoms with Gasteiger partial charge in [0, 0.05) is 24.9 Å². The Hall–Kier alpha value is -2.08. The average molecular weight is 310 g/mol. The number of benzene rings is 1. The summed E-state index contributed by atoms with van der Waals surface area (Å²) in [7, 11) is 1.67. The molecule has 1 amide bonds. The number of rotatable bonds is 6. The van der Waals surface area contributed by atoms with Crippen LogP contribution in [-0.4, -0.2) is 38.9 Å². The number of amides is 1. The van der Waals surface area contributed by atoms with Crippen molar-refractivity contribution in [2.45, 2.75) is 25.8 Å². The fraction of sp³-hybridized carbons (Fsp3) is 0.357. The van der Waals surface area contributed by atoms with Crippen LogP contribution in [0.25, 0.3) is 11.0 Å². The summed E-state index contributed by atoms with van der Waals surface area (Å²) in [5.41, 5.74) is 1.62. The standard InChI is InChI=1S/C14H16ClN3O3/c1-18(13(19)3-2-4-14(20)21)8-12-16-10-6-5-9(15)7-11(10)17-12/h5-7H,2-4,8H2,1H3,(H,16,17)(H,20,21). The third-order valence-electron chi connectivity index (χ3n) is 3.09. The van der Waals surface area contributed by atoms with Gasteiger partial charge in [0.2, 0.25) is 5.91 Å². The predicted octanol–water partition coefficient (Wildman–Crippen LogP) is 2.43. The van der Waals surface area contributed by atoms with Gasteiger partial charge in [0.25, 0.3) is 0 Å². The topological polar surface area (TPSA) is 86.3 Å². The summed E-state index contributed by atoms with van der Waals surface area (Å²) in [4.78, 5) is 31.3. The summed E-state index contributed by atoms with van der Waals surface area (Å²) in [5.74, 6) is -0.323. The van der Waals surface area contributed by atoms with Gasteiger partial charge in [0.15, 0.2) is 0 Å². The molecule has 0 aliphatic carbocycles. The Balaban J connectivity index is 1.95. The lowest BCUT2D eigenvalue weighted by atomic mass is 10.2. The van der Waals surface area contributed by atoms with Gasteiger partial charge in [-0.25, -0.2) is 4.98 Å². The Bertz CT molecular complexity index is 669. The van der Waals surface area contributed by atoms with Crippen LogP contribution in [-0.2, 0) is 16.1 Å². The minimum absolute atomic E-state index is 0.00270. The van der Waals surface area contributed by atoms with Crippen LogP contribution in [0.5, 0.6) is 0 Å². The molecule has 2 rings (SSSR count). The number of imidazole rings is 1. The second-order valence-electron chi connectivity index (χ2n) is 4.84. The highest BCUT2D eigenvalue weighted by Crippen LogP contribution is 2.17. The lowest BCUT2D eigenvalue weighted by Gasteiger charge is -2.15. The van der Waals surface area contributed by atoms with Crippen LogP contribution >= 0.6 is 11.6 Å². The normalized spacial score (nSPS) is 10.8. The number of hydrogen-bond donors (Lipinski definition) is 2. The number of aromatic nitrogens is 2. The van der Waals surface area contributed by atoms with E-state index in [0.29, 0.717) is 23.8 Å². The third-order valence-corrected chi connectivity index (χ3v) is 3.32. The van der Waals surface area contributed by atoms with Gasteiger partial charge in [-0.05, 0) is 24.6 Å². The lowest BCUT2D eigenvalue weighted by molar-refractivity contribution is -0.137. The highest BCUT2D eigenvalue weighted by molar-refractivity contribution is 6.31. The van der Waals surface area contributed by atoms with E-state index in [-0.39, 0.29) is 18.7 Å². The fourth-order valence-corrected chi connectivity index (χ4v) is 2.18. The van der Waals surface area contributed by atoms with Gasteiger partial charge >= 0.3 is 5.97 Å². The number of carboxylic acid groups (broad SMARTS) is 1. The zero-order chi connectivity index (χ0) is 15.4. The van der Waals surface area contributed by atoms with Crippen molar-refractivity contribution >= 4 is 34.5 Å². The smallest absolute Gasteiger partial charge is 0.303 e. The van der Waals surface area contributed by atoms with Gasteiger partial charge in [0.05, 0.1) is 17.6 Å². The van der Waals surface area contributed by atoms with E-state index in [1.807, 2.05) is 6.07 Å². The summed E-state index contributed by atoms with van der Waals surface area (Å²) < 4.78 is 0. The van der Waals surface area contributed by atoms with Crippen LogP contribution < -0.4 is 0 Å². The first-order valence-corrected chi connectivity index (χ1v) is 6.93. The van der Waals surface area contributed by atoms with Crippen LogP contribution in [0, 0.1) is 0 Å². The molecule has 0 spiro atoms. The molecule has 0 aliphatic heterocycles. The summed E-state index contributed by atoms with van der Waals surface area (Å²) in [6.07, 6.45) is 0.561. The number of nitrogens with zero attached hydrogens (tertiary/aromatic N) is 2. The number of fused-ring (bicyclic) bond motifs is 1. The molecule has 0 aliphatic rings. The molecule has 6 nitrogen and oxygen atoms in total. The van der Waals surface area contributed by atoms with Crippen LogP contribution in [0.1, 0.15) is 25.1 Å². The van der Waals surface area contributed by atoms with Gasteiger partial charge < -0.3 is 15.0 Å². The van der Waals surface area contributed by atoms with Gasteiger partial charge in [-0.2, -0.15) is 0 Å². The van der Waals surface area contributed by atoms with Crippen molar-refractivity contribution in [1.29, 1.82) is 0 Å². The monoisotopic (exact) mass is 309 g/mol. The summed E-state index contributed by atoms with van der Waals surface area (Å²) in [5, 5.41) is 9.17. The first-order chi connectivity index (χ1) is 9.95. The number of carbonyl (C=O) groups excluding carboxylic acids is 1. The number of carbonyl (C=O) groups is 2. The maximum Gasteiger partial charge on any atom is 0.303 e. The number of nitrogens with one attached hydrogen (secondary N) is 1. The molecule has 7 heteroatoms. The van der Waals surface area contributed by atoms with Gasteiger partial charge in [-0.3, -0.25) is 9.59 Å². The maximum atomic E-state index is 11.9. The predicted molar refractivity (Wildman–Crippen MR) is 79.1 cm³/mol. The van der Waals surface area contributed by atoms with Crippen molar-refractivity contribution in [3.05, 3.63) is 29.0 Å². The lowest BCUT2D eigenvalue weighted by Crippen LogP contribution is -2.26. The zero-order valence-corrected chi connectivity index (χ0v) is 12.4. The number of aliphatic carboxylic acids is 1. The van der Waals surface area contributed by atoms with E-state index in [4.69, 9.17) is 16.7 Å². The molecule has 2 aromatic rings. The summed E-state index contributed by atoms with van der Waals surface area (Å²) in [6.45, 7) is 0.345. The molecule has 0 atom stereocenters. The van der Waals surface area contributed by atoms with E-state index in [9.17, 15) is 9.59 Å². The molecule has 0 unspecified atom stereocenters. The van der Waals surface area contributed by atoms with Gasteiger partial charge in [0.1, 0.15) is 5.82 Å². The molecule has 2 N–H and O–H groups in total. The summed E-state index contributed by atoms with van der Waals surface area (Å²) >= 11 is 5.91. The molecule has 1 heterocycles. The van der Waals surface area contributed by atoms with Crippen molar-refractivity contribution < 1.29 is 14.7 Å². The van der Waals surface area contributed by atoms with Crippen molar-refractivity contribution in [2.24, 2.45) is 0 Å². The van der Waals surface area contributed by atoms with Crippen LogP contribution in [0.3, 0.4) is 0 Å². The minimum Gasteiger partial charge on any atom is -0.481 e. The molecule has 0 fully saturated rings. The maximum absolute atomic E-state index is 11.9. The van der Waals surface area contributed by atoms with Crippen LogP contribution in [0.4, 0.5) is 0 Å². The molecule has 112 valence electrons. The summed E-state index contributed by atoms with van der Waals surface area (Å²) in [6, 6.07) is 5.35. The van der Waals surface area contributed by atoms with E-state index in [2.05, 4.69) is 9.97 Å². The first kappa shape index (κ1) is 15.3. The second kappa shape index (κ2) is 6.58. The third kappa shape index (κ3) is 4.19. The second-order valence-corrected chi connectivity index (χ2v) is 5.28. The molecule has 0 saturated heterocycles. The molecule has 21 heavy (non-hydrogen) atoms. The van der Waals surface area contributed by atoms with E-state index < -0.39 is 5.97 Å². The SMILES string of the molecule is CN(Cc1nc2ccc(Cl)cc2[nH]1)C(=O)CCCC(=O)O. The van der Waals surface area contributed by atoms with Crippen molar-refractivity contribution in [3.63, 3.8) is 0 Å². The number of aromatic amines is 1. The highest BCUT2D eigenvalue weighted by atomic mass is 35.5. The Kier molecular flexibility index (Phi) is 4.80. The molecule has 1 aromatic heterocycles. The molecule has 0 bridgehead atoms. The van der Waals surface area contributed by atoms with Gasteiger partial charge in [-0.1, -0.05) is 11.6 Å². The van der Waals surface area contributed by atoms with Crippen molar-refractivity contribution in [3.8, 4) is 0 Å². The first-order valence-electron chi connectivity index (χ1n) is 6.55. The molecule has 0 saturated carbocycles. The van der Waals surface area contributed by atoms with Crippen LogP contribution in [0.15, 0.2) is 18.2 Å². The Morgan fingerprint density at radius 2 is 2.14 bits per heavy atom.